The fourth-order valence-electron chi connectivity index (χ4n) is 2.78. The standard InChI is InChI=1S/C14H11F7O4S/c15-12(16)3-6(12)5-25-8-1-2-9(26(23,24)14(19,20)21)10-7(8)4-13(17,18)11(10)22/h1-2,6,11,22H,3-5H2/t6-,11+/m1/s1. The Morgan fingerprint density at radius 2 is 1.73 bits per heavy atom. The predicted octanol–water partition coefficient (Wildman–Crippen LogP) is 3.24. The summed E-state index contributed by atoms with van der Waals surface area (Å²) in [6.45, 7) is -0.577. The van der Waals surface area contributed by atoms with Crippen LogP contribution in [-0.2, 0) is 16.3 Å². The van der Waals surface area contributed by atoms with Gasteiger partial charge >= 0.3 is 5.51 Å². The number of alkyl halides is 7. The van der Waals surface area contributed by atoms with Crippen molar-refractivity contribution in [2.75, 3.05) is 6.61 Å². The van der Waals surface area contributed by atoms with Gasteiger partial charge in [0, 0.05) is 24.0 Å². The molecule has 2 aliphatic carbocycles. The molecular weight excluding hydrogens is 397 g/mol. The van der Waals surface area contributed by atoms with Crippen LogP contribution in [-0.4, -0.2) is 37.5 Å². The second kappa shape index (κ2) is 5.47. The first-order chi connectivity index (χ1) is 11.7. The SMILES string of the molecule is O=S(=O)(c1ccc(OC[C@H]2CC2(F)F)c2c1[C@H](O)C(F)(F)C2)C(F)(F)F. The molecule has 0 aliphatic heterocycles. The Morgan fingerprint density at radius 1 is 1.15 bits per heavy atom. The van der Waals surface area contributed by atoms with Crippen LogP contribution >= 0.6 is 0 Å². The highest BCUT2D eigenvalue weighted by Crippen LogP contribution is 2.52. The van der Waals surface area contributed by atoms with Crippen molar-refractivity contribution in [1.82, 2.24) is 0 Å². The molecule has 12 heteroatoms. The Labute approximate surface area is 142 Å². The van der Waals surface area contributed by atoms with Gasteiger partial charge in [-0.3, -0.25) is 0 Å². The second-order valence-electron chi connectivity index (χ2n) is 6.22. The van der Waals surface area contributed by atoms with Gasteiger partial charge in [-0.2, -0.15) is 13.2 Å². The van der Waals surface area contributed by atoms with Gasteiger partial charge < -0.3 is 9.84 Å². The van der Waals surface area contributed by atoms with E-state index in [4.69, 9.17) is 4.74 Å². The Morgan fingerprint density at radius 3 is 2.23 bits per heavy atom. The van der Waals surface area contributed by atoms with Gasteiger partial charge in [0.15, 0.2) is 0 Å². The molecule has 1 N–H and O–H groups in total. The predicted molar refractivity (Wildman–Crippen MR) is 71.8 cm³/mol. The summed E-state index contributed by atoms with van der Waals surface area (Å²) in [6, 6.07) is 1.08. The van der Waals surface area contributed by atoms with E-state index in [9.17, 15) is 44.3 Å². The first kappa shape index (κ1) is 19.2. The van der Waals surface area contributed by atoms with Gasteiger partial charge in [0.1, 0.15) is 11.9 Å². The molecule has 1 fully saturated rings. The monoisotopic (exact) mass is 408 g/mol. The largest absolute Gasteiger partial charge is 0.501 e. The van der Waals surface area contributed by atoms with Gasteiger partial charge in [0.2, 0.25) is 0 Å². The maximum Gasteiger partial charge on any atom is 0.501 e. The van der Waals surface area contributed by atoms with Crippen LogP contribution in [0.3, 0.4) is 0 Å². The lowest BCUT2D eigenvalue weighted by atomic mass is 10.1. The molecule has 0 spiro atoms. The van der Waals surface area contributed by atoms with E-state index in [1.165, 1.54) is 0 Å². The van der Waals surface area contributed by atoms with Gasteiger partial charge in [0.25, 0.3) is 21.7 Å². The third-order valence-corrected chi connectivity index (χ3v) is 5.89. The van der Waals surface area contributed by atoms with Crippen LogP contribution < -0.4 is 4.74 Å². The lowest BCUT2D eigenvalue weighted by molar-refractivity contribution is -0.0978. The molecule has 1 aromatic rings. The molecule has 0 heterocycles. The van der Waals surface area contributed by atoms with Crippen LogP contribution in [0.5, 0.6) is 5.75 Å². The summed E-state index contributed by atoms with van der Waals surface area (Å²) in [4.78, 5) is -1.51. The summed E-state index contributed by atoms with van der Waals surface area (Å²) in [7, 11) is -6.01. The van der Waals surface area contributed by atoms with Crippen molar-refractivity contribution in [3.8, 4) is 5.75 Å². The first-order valence-electron chi connectivity index (χ1n) is 7.22. The maximum absolute atomic E-state index is 13.8. The average molecular weight is 408 g/mol. The molecule has 0 amide bonds. The van der Waals surface area contributed by atoms with Gasteiger partial charge in [-0.1, -0.05) is 0 Å². The lowest BCUT2D eigenvalue weighted by Crippen LogP contribution is -2.26. The van der Waals surface area contributed by atoms with Gasteiger partial charge in [-0.25, -0.2) is 26.0 Å². The van der Waals surface area contributed by atoms with Crippen molar-refractivity contribution in [3.05, 3.63) is 23.3 Å². The summed E-state index contributed by atoms with van der Waals surface area (Å²) in [6.07, 6.45) is -4.55. The highest BCUT2D eigenvalue weighted by Gasteiger charge is 2.58. The quantitative estimate of drug-likeness (QED) is 0.778. The van der Waals surface area contributed by atoms with E-state index in [1.54, 1.807) is 0 Å². The summed E-state index contributed by atoms with van der Waals surface area (Å²) >= 11 is 0. The Kier molecular flexibility index (Phi) is 4.04. The van der Waals surface area contributed by atoms with Gasteiger partial charge in [-0.05, 0) is 12.1 Å². The number of halogens is 7. The number of ether oxygens (including phenoxy) is 1. The van der Waals surface area contributed by atoms with Crippen LogP contribution in [0.4, 0.5) is 30.7 Å². The van der Waals surface area contributed by atoms with Crippen molar-refractivity contribution in [3.63, 3.8) is 0 Å². The Balaban J connectivity index is 2.04. The summed E-state index contributed by atoms with van der Waals surface area (Å²) in [5, 5.41) is 9.66. The average Bonchev–Trinajstić information content (AvgIpc) is 3.01. The molecule has 2 atom stereocenters. The zero-order valence-corrected chi connectivity index (χ0v) is 13.5. The van der Waals surface area contributed by atoms with E-state index in [2.05, 4.69) is 0 Å². The summed E-state index contributed by atoms with van der Waals surface area (Å²) in [5.74, 6) is -8.52. The molecular formula is C14H11F7O4S. The maximum atomic E-state index is 13.8. The molecule has 0 radical (unpaired) electrons. The van der Waals surface area contributed by atoms with Crippen LogP contribution in [0.2, 0.25) is 0 Å². The van der Waals surface area contributed by atoms with E-state index in [-0.39, 0.29) is 0 Å². The first-order valence-corrected chi connectivity index (χ1v) is 8.70. The number of hydrogen-bond acceptors (Lipinski definition) is 4. The van der Waals surface area contributed by atoms with E-state index in [0.29, 0.717) is 12.1 Å². The normalized spacial score (nSPS) is 26.5. The van der Waals surface area contributed by atoms with Gasteiger partial charge in [0.05, 0.1) is 17.4 Å². The smallest absolute Gasteiger partial charge is 0.493 e. The Hall–Kier alpha value is -1.56. The highest BCUT2D eigenvalue weighted by molar-refractivity contribution is 7.92. The minimum Gasteiger partial charge on any atom is -0.493 e. The van der Waals surface area contributed by atoms with Crippen molar-refractivity contribution in [1.29, 1.82) is 0 Å². The number of benzene rings is 1. The van der Waals surface area contributed by atoms with Crippen LogP contribution in [0.25, 0.3) is 0 Å². The molecule has 2 aliphatic rings. The van der Waals surface area contributed by atoms with Crippen molar-refractivity contribution in [2.24, 2.45) is 5.92 Å². The Bertz CT molecular complexity index is 848. The van der Waals surface area contributed by atoms with Crippen molar-refractivity contribution in [2.45, 2.75) is 41.2 Å². The van der Waals surface area contributed by atoms with E-state index < -0.39 is 80.4 Å². The second-order valence-corrected chi connectivity index (χ2v) is 8.13. The number of sulfone groups is 1. The minimum atomic E-state index is -6.01. The summed E-state index contributed by atoms with van der Waals surface area (Å²) < 4.78 is 120. The molecule has 26 heavy (non-hydrogen) atoms. The zero-order valence-electron chi connectivity index (χ0n) is 12.7. The molecule has 0 unspecified atom stereocenters. The van der Waals surface area contributed by atoms with Crippen LogP contribution in [0.15, 0.2) is 17.0 Å². The number of fused-ring (bicyclic) bond motifs is 1. The van der Waals surface area contributed by atoms with Crippen LogP contribution in [0.1, 0.15) is 23.7 Å². The number of aliphatic hydroxyl groups excluding tert-OH is 1. The number of aliphatic hydroxyl groups is 1. The van der Waals surface area contributed by atoms with E-state index >= 15 is 0 Å². The minimum absolute atomic E-state index is 0.382. The zero-order chi connectivity index (χ0) is 19.7. The van der Waals surface area contributed by atoms with Crippen LogP contribution in [0, 0.1) is 5.92 Å². The molecule has 3 rings (SSSR count). The molecule has 0 saturated heterocycles. The van der Waals surface area contributed by atoms with Crippen molar-refractivity contribution >= 4 is 9.84 Å². The summed E-state index contributed by atoms with van der Waals surface area (Å²) in [5.41, 5.74) is -7.53. The van der Waals surface area contributed by atoms with E-state index in [1.807, 2.05) is 0 Å². The highest BCUT2D eigenvalue weighted by atomic mass is 32.2. The fraction of sp³-hybridized carbons (Fsp3) is 0.571. The van der Waals surface area contributed by atoms with Crippen molar-refractivity contribution < 1.29 is 49.0 Å². The molecule has 0 aromatic heterocycles. The van der Waals surface area contributed by atoms with Gasteiger partial charge in [-0.15, -0.1) is 0 Å². The van der Waals surface area contributed by atoms with E-state index in [0.717, 1.165) is 0 Å². The molecule has 146 valence electrons. The fourth-order valence-corrected chi connectivity index (χ4v) is 3.80. The molecule has 0 bridgehead atoms. The topological polar surface area (TPSA) is 63.6 Å². The number of hydrogen-bond donors (Lipinski definition) is 1. The molecule has 1 aromatic carbocycles. The third-order valence-electron chi connectivity index (χ3n) is 4.35. The third kappa shape index (κ3) is 2.92. The molecule has 4 nitrogen and oxygen atoms in total. The lowest BCUT2D eigenvalue weighted by Gasteiger charge is -2.17. The molecule has 1 saturated carbocycles. The number of rotatable bonds is 4.